The fourth-order valence-corrected chi connectivity index (χ4v) is 3.00. The van der Waals surface area contributed by atoms with E-state index in [9.17, 15) is 0 Å². The van der Waals surface area contributed by atoms with Gasteiger partial charge < -0.3 is 14.8 Å². The molecule has 146 valence electrons. The SMILES string of the molecule is CCOc1cc(CNc2ccc(Cl)c(Cl)c2)ccc1OCc1ccc(C)cc1. The zero-order valence-corrected chi connectivity index (χ0v) is 17.5. The van der Waals surface area contributed by atoms with Crippen molar-refractivity contribution < 1.29 is 9.47 Å². The molecular weight excluding hydrogens is 393 g/mol. The third-order valence-corrected chi connectivity index (χ3v) is 4.98. The van der Waals surface area contributed by atoms with Crippen molar-refractivity contribution >= 4 is 28.9 Å². The molecule has 0 unspecified atom stereocenters. The second kappa shape index (κ2) is 9.72. The lowest BCUT2D eigenvalue weighted by Gasteiger charge is -2.14. The molecule has 0 saturated carbocycles. The number of nitrogens with one attached hydrogen (secondary N) is 1. The minimum atomic E-state index is 0.501. The summed E-state index contributed by atoms with van der Waals surface area (Å²) in [6, 6.07) is 19.8. The van der Waals surface area contributed by atoms with Gasteiger partial charge in [0, 0.05) is 12.2 Å². The number of aryl methyl sites for hydroxylation is 1. The van der Waals surface area contributed by atoms with Crippen LogP contribution in [-0.2, 0) is 13.2 Å². The van der Waals surface area contributed by atoms with Gasteiger partial charge in [0.05, 0.1) is 16.7 Å². The van der Waals surface area contributed by atoms with Crippen molar-refractivity contribution in [2.75, 3.05) is 11.9 Å². The van der Waals surface area contributed by atoms with Crippen LogP contribution in [0.2, 0.25) is 10.0 Å². The first-order valence-corrected chi connectivity index (χ1v) is 9.93. The Morgan fingerprint density at radius 3 is 2.25 bits per heavy atom. The van der Waals surface area contributed by atoms with Crippen molar-refractivity contribution in [2.45, 2.75) is 27.0 Å². The minimum Gasteiger partial charge on any atom is -0.490 e. The van der Waals surface area contributed by atoms with Gasteiger partial charge in [-0.1, -0.05) is 59.1 Å². The molecule has 0 saturated heterocycles. The summed E-state index contributed by atoms with van der Waals surface area (Å²) in [7, 11) is 0. The average Bonchev–Trinajstić information content (AvgIpc) is 2.69. The van der Waals surface area contributed by atoms with Crippen LogP contribution >= 0.6 is 23.2 Å². The van der Waals surface area contributed by atoms with Gasteiger partial charge in [-0.05, 0) is 55.3 Å². The molecule has 0 aliphatic carbocycles. The largest absolute Gasteiger partial charge is 0.490 e. The molecule has 0 bridgehead atoms. The van der Waals surface area contributed by atoms with Crippen LogP contribution in [0.1, 0.15) is 23.6 Å². The van der Waals surface area contributed by atoms with Crippen LogP contribution in [0.5, 0.6) is 11.5 Å². The molecule has 0 aliphatic rings. The summed E-state index contributed by atoms with van der Waals surface area (Å²) < 4.78 is 11.8. The Hall–Kier alpha value is -2.36. The van der Waals surface area contributed by atoms with Gasteiger partial charge in [0.2, 0.25) is 0 Å². The van der Waals surface area contributed by atoms with Crippen LogP contribution in [0, 0.1) is 6.92 Å². The van der Waals surface area contributed by atoms with Gasteiger partial charge in [-0.25, -0.2) is 0 Å². The maximum atomic E-state index is 6.07. The summed E-state index contributed by atoms with van der Waals surface area (Å²) in [4.78, 5) is 0. The van der Waals surface area contributed by atoms with E-state index in [2.05, 4.69) is 36.5 Å². The quantitative estimate of drug-likeness (QED) is 0.434. The van der Waals surface area contributed by atoms with Crippen molar-refractivity contribution in [2.24, 2.45) is 0 Å². The lowest BCUT2D eigenvalue weighted by Crippen LogP contribution is -2.03. The van der Waals surface area contributed by atoms with Crippen molar-refractivity contribution in [1.29, 1.82) is 0 Å². The molecule has 0 radical (unpaired) electrons. The van der Waals surface area contributed by atoms with E-state index in [4.69, 9.17) is 32.7 Å². The second-order valence-electron chi connectivity index (χ2n) is 6.47. The molecule has 0 aromatic heterocycles. The number of benzene rings is 3. The summed E-state index contributed by atoms with van der Waals surface area (Å²) in [6.07, 6.45) is 0. The average molecular weight is 416 g/mol. The smallest absolute Gasteiger partial charge is 0.161 e. The van der Waals surface area contributed by atoms with E-state index in [0.717, 1.165) is 28.3 Å². The van der Waals surface area contributed by atoms with Crippen molar-refractivity contribution in [3.8, 4) is 11.5 Å². The first-order chi connectivity index (χ1) is 13.5. The number of halogens is 2. The first-order valence-electron chi connectivity index (χ1n) is 9.18. The van der Waals surface area contributed by atoms with Crippen molar-refractivity contribution in [3.63, 3.8) is 0 Å². The number of anilines is 1. The number of hydrogen-bond donors (Lipinski definition) is 1. The zero-order chi connectivity index (χ0) is 19.9. The summed E-state index contributed by atoms with van der Waals surface area (Å²) in [5.41, 5.74) is 4.35. The lowest BCUT2D eigenvalue weighted by molar-refractivity contribution is 0.269. The molecule has 5 heteroatoms. The number of ether oxygens (including phenoxy) is 2. The number of hydrogen-bond acceptors (Lipinski definition) is 3. The molecule has 0 heterocycles. The minimum absolute atomic E-state index is 0.501. The summed E-state index contributed by atoms with van der Waals surface area (Å²) >= 11 is 12.0. The van der Waals surface area contributed by atoms with Gasteiger partial charge >= 0.3 is 0 Å². The van der Waals surface area contributed by atoms with Gasteiger partial charge in [0.15, 0.2) is 11.5 Å². The highest BCUT2D eigenvalue weighted by Gasteiger charge is 2.08. The van der Waals surface area contributed by atoms with Crippen LogP contribution < -0.4 is 14.8 Å². The molecule has 3 nitrogen and oxygen atoms in total. The van der Waals surface area contributed by atoms with E-state index >= 15 is 0 Å². The van der Waals surface area contributed by atoms with Crippen LogP contribution in [0.3, 0.4) is 0 Å². The molecule has 3 aromatic carbocycles. The highest BCUT2D eigenvalue weighted by molar-refractivity contribution is 6.42. The summed E-state index contributed by atoms with van der Waals surface area (Å²) in [5.74, 6) is 1.48. The summed E-state index contributed by atoms with van der Waals surface area (Å²) in [6.45, 7) is 5.75. The third-order valence-electron chi connectivity index (χ3n) is 4.24. The van der Waals surface area contributed by atoms with Crippen molar-refractivity contribution in [1.82, 2.24) is 0 Å². The molecule has 0 aliphatic heterocycles. The van der Waals surface area contributed by atoms with E-state index in [1.165, 1.54) is 5.56 Å². The molecule has 0 spiro atoms. The van der Waals surface area contributed by atoms with Crippen LogP contribution in [0.25, 0.3) is 0 Å². The highest BCUT2D eigenvalue weighted by atomic mass is 35.5. The fraction of sp³-hybridized carbons (Fsp3) is 0.217. The van der Waals surface area contributed by atoms with E-state index in [1.807, 2.05) is 37.3 Å². The molecule has 28 heavy (non-hydrogen) atoms. The van der Waals surface area contributed by atoms with Gasteiger partial charge in [0.1, 0.15) is 6.61 Å². The number of rotatable bonds is 8. The molecule has 1 N–H and O–H groups in total. The maximum absolute atomic E-state index is 6.07. The maximum Gasteiger partial charge on any atom is 0.161 e. The van der Waals surface area contributed by atoms with E-state index in [0.29, 0.717) is 29.8 Å². The van der Waals surface area contributed by atoms with Gasteiger partial charge in [-0.2, -0.15) is 0 Å². The second-order valence-corrected chi connectivity index (χ2v) is 7.29. The Morgan fingerprint density at radius 1 is 0.786 bits per heavy atom. The normalized spacial score (nSPS) is 10.6. The molecular formula is C23H23Cl2NO2. The van der Waals surface area contributed by atoms with Crippen molar-refractivity contribution in [3.05, 3.63) is 87.4 Å². The molecule has 0 amide bonds. The standard InChI is InChI=1S/C23H23Cl2NO2/c1-3-27-23-12-18(14-26-19-9-10-20(24)21(25)13-19)8-11-22(23)28-15-17-6-4-16(2)5-7-17/h4-13,26H,3,14-15H2,1-2H3. The zero-order valence-electron chi connectivity index (χ0n) is 16.0. The first kappa shape index (κ1) is 20.4. The van der Waals surface area contributed by atoms with Crippen LogP contribution in [0.4, 0.5) is 5.69 Å². The fourth-order valence-electron chi connectivity index (χ4n) is 2.71. The molecule has 3 aromatic rings. The third kappa shape index (κ3) is 5.57. The Balaban J connectivity index is 1.67. The predicted octanol–water partition coefficient (Wildman–Crippen LogP) is 6.89. The van der Waals surface area contributed by atoms with Crippen LogP contribution in [-0.4, -0.2) is 6.61 Å². The molecule has 0 atom stereocenters. The van der Waals surface area contributed by atoms with Gasteiger partial charge in [0.25, 0.3) is 0 Å². The Labute approximate surface area is 176 Å². The monoisotopic (exact) mass is 415 g/mol. The van der Waals surface area contributed by atoms with E-state index in [-0.39, 0.29) is 0 Å². The van der Waals surface area contributed by atoms with Gasteiger partial charge in [-0.15, -0.1) is 0 Å². The lowest BCUT2D eigenvalue weighted by atomic mass is 10.1. The topological polar surface area (TPSA) is 30.5 Å². The Bertz CT molecular complexity index is 926. The highest BCUT2D eigenvalue weighted by Crippen LogP contribution is 2.30. The summed E-state index contributed by atoms with van der Waals surface area (Å²) in [5, 5.41) is 4.41. The molecule has 3 rings (SSSR count). The van der Waals surface area contributed by atoms with E-state index < -0.39 is 0 Å². The van der Waals surface area contributed by atoms with Gasteiger partial charge in [-0.3, -0.25) is 0 Å². The Morgan fingerprint density at radius 2 is 1.54 bits per heavy atom. The Kier molecular flexibility index (Phi) is 7.07. The van der Waals surface area contributed by atoms with E-state index in [1.54, 1.807) is 6.07 Å². The predicted molar refractivity (Wildman–Crippen MR) is 117 cm³/mol. The van der Waals surface area contributed by atoms with Crippen LogP contribution in [0.15, 0.2) is 60.7 Å². The molecule has 0 fully saturated rings.